The van der Waals surface area contributed by atoms with Gasteiger partial charge < -0.3 is 15.5 Å². The summed E-state index contributed by atoms with van der Waals surface area (Å²) in [6.45, 7) is 4.39. The minimum atomic E-state index is -0.653. The summed E-state index contributed by atoms with van der Waals surface area (Å²) in [5.74, 6) is -0.0246. The summed E-state index contributed by atoms with van der Waals surface area (Å²) in [6, 6.07) is -0.529. The number of unbranched alkanes of at least 4 members (excludes halogenated alkanes) is 38. The van der Waals surface area contributed by atoms with Crippen molar-refractivity contribution in [3.8, 4) is 0 Å². The zero-order valence-electron chi connectivity index (χ0n) is 35.9. The molecule has 0 aromatic heterocycles. The van der Waals surface area contributed by atoms with E-state index in [2.05, 4.69) is 19.2 Å². The molecule has 1 amide bonds. The van der Waals surface area contributed by atoms with Gasteiger partial charge in [-0.2, -0.15) is 0 Å². The van der Waals surface area contributed by atoms with Gasteiger partial charge in [-0.05, 0) is 12.8 Å². The molecule has 4 nitrogen and oxygen atoms in total. The molecular weight excluding hydrogens is 639 g/mol. The Bertz CT molecular complexity index is 670. The number of nitrogens with one attached hydrogen (secondary N) is 1. The Kier molecular flexibility index (Phi) is 44.3. The second-order valence-corrected chi connectivity index (χ2v) is 16.9. The summed E-state index contributed by atoms with van der Waals surface area (Å²) >= 11 is 0. The minimum Gasteiger partial charge on any atom is -0.394 e. The lowest BCUT2D eigenvalue weighted by Crippen LogP contribution is -2.45. The van der Waals surface area contributed by atoms with Crippen molar-refractivity contribution in [1.29, 1.82) is 0 Å². The van der Waals surface area contributed by atoms with Crippen LogP contribution < -0.4 is 5.32 Å². The smallest absolute Gasteiger partial charge is 0.220 e. The highest BCUT2D eigenvalue weighted by molar-refractivity contribution is 5.76. The highest BCUT2D eigenvalue weighted by atomic mass is 16.3. The molecule has 0 aliphatic carbocycles. The highest BCUT2D eigenvalue weighted by Gasteiger charge is 2.20. The van der Waals surface area contributed by atoms with Gasteiger partial charge in [-0.3, -0.25) is 4.79 Å². The van der Waals surface area contributed by atoms with Crippen LogP contribution in [0.2, 0.25) is 0 Å². The number of rotatable bonds is 45. The Labute approximate surface area is 327 Å². The lowest BCUT2D eigenvalue weighted by molar-refractivity contribution is -0.123. The van der Waals surface area contributed by atoms with Gasteiger partial charge in [0, 0.05) is 6.42 Å². The molecule has 2 atom stereocenters. The van der Waals surface area contributed by atoms with Crippen LogP contribution in [0.25, 0.3) is 0 Å². The van der Waals surface area contributed by atoms with Crippen LogP contribution in [0, 0.1) is 0 Å². The molecule has 0 saturated carbocycles. The van der Waals surface area contributed by atoms with E-state index in [1.165, 1.54) is 231 Å². The van der Waals surface area contributed by atoms with Crippen LogP contribution in [0.5, 0.6) is 0 Å². The third-order valence-corrected chi connectivity index (χ3v) is 11.6. The normalized spacial score (nSPS) is 12.8. The standard InChI is InChI=1S/C48H97NO3/c1-3-5-7-9-11-13-15-17-19-20-21-22-23-24-25-26-27-28-29-30-32-34-36-38-40-42-44-48(52)49-46(45-50)47(51)43-41-39-37-35-33-31-18-16-14-12-10-8-6-4-2/h46-47,50-51H,3-45H2,1-2H3,(H,49,52)/t46-,47+/m0/s1. The van der Waals surface area contributed by atoms with Crippen molar-refractivity contribution in [3.05, 3.63) is 0 Å². The average Bonchev–Trinajstić information content (AvgIpc) is 3.15. The molecule has 0 unspecified atom stereocenters. The monoisotopic (exact) mass is 736 g/mol. The van der Waals surface area contributed by atoms with E-state index in [-0.39, 0.29) is 12.5 Å². The predicted molar refractivity (Wildman–Crippen MR) is 230 cm³/mol. The Balaban J connectivity index is 3.40. The molecule has 52 heavy (non-hydrogen) atoms. The van der Waals surface area contributed by atoms with Gasteiger partial charge >= 0.3 is 0 Å². The minimum absolute atomic E-state index is 0.0246. The van der Waals surface area contributed by atoms with Gasteiger partial charge in [0.2, 0.25) is 5.91 Å². The first-order valence-corrected chi connectivity index (χ1v) is 24.2. The van der Waals surface area contributed by atoms with Crippen LogP contribution in [0.1, 0.15) is 284 Å². The van der Waals surface area contributed by atoms with Crippen LogP contribution in [0.15, 0.2) is 0 Å². The molecule has 0 aliphatic rings. The van der Waals surface area contributed by atoms with E-state index in [1.54, 1.807) is 0 Å². The van der Waals surface area contributed by atoms with E-state index >= 15 is 0 Å². The lowest BCUT2D eigenvalue weighted by Gasteiger charge is -2.22. The molecule has 0 spiro atoms. The van der Waals surface area contributed by atoms with Crippen molar-refractivity contribution >= 4 is 5.91 Å². The number of amides is 1. The van der Waals surface area contributed by atoms with Crippen molar-refractivity contribution in [1.82, 2.24) is 5.32 Å². The Morgan fingerprint density at radius 2 is 0.615 bits per heavy atom. The maximum atomic E-state index is 12.4. The molecule has 0 saturated heterocycles. The van der Waals surface area contributed by atoms with E-state index in [0.29, 0.717) is 12.8 Å². The first kappa shape index (κ1) is 51.4. The first-order valence-electron chi connectivity index (χ1n) is 24.2. The number of aliphatic hydroxyl groups is 2. The zero-order chi connectivity index (χ0) is 37.8. The molecule has 0 radical (unpaired) electrons. The first-order chi connectivity index (χ1) is 25.7. The summed E-state index contributed by atoms with van der Waals surface area (Å²) < 4.78 is 0. The summed E-state index contributed by atoms with van der Waals surface area (Å²) in [5.41, 5.74) is 0. The van der Waals surface area contributed by atoms with Crippen molar-refractivity contribution in [2.45, 2.75) is 296 Å². The van der Waals surface area contributed by atoms with Gasteiger partial charge in [0.05, 0.1) is 18.8 Å². The van der Waals surface area contributed by atoms with Crippen LogP contribution in [0.4, 0.5) is 0 Å². The van der Waals surface area contributed by atoms with Gasteiger partial charge in [-0.25, -0.2) is 0 Å². The quantitative estimate of drug-likeness (QED) is 0.0545. The molecule has 3 N–H and O–H groups in total. The fourth-order valence-electron chi connectivity index (χ4n) is 7.89. The fraction of sp³-hybridized carbons (Fsp3) is 0.979. The fourth-order valence-corrected chi connectivity index (χ4v) is 7.89. The number of aliphatic hydroxyl groups excluding tert-OH is 2. The largest absolute Gasteiger partial charge is 0.394 e. The van der Waals surface area contributed by atoms with E-state index in [0.717, 1.165) is 25.7 Å². The van der Waals surface area contributed by atoms with Crippen molar-refractivity contribution in [3.63, 3.8) is 0 Å². The van der Waals surface area contributed by atoms with Crippen molar-refractivity contribution < 1.29 is 15.0 Å². The number of carbonyl (C=O) groups excluding carboxylic acids is 1. The second kappa shape index (κ2) is 44.8. The number of carbonyl (C=O) groups is 1. The van der Waals surface area contributed by atoms with Gasteiger partial charge in [0.1, 0.15) is 0 Å². The average molecular weight is 736 g/mol. The van der Waals surface area contributed by atoms with E-state index in [1.807, 2.05) is 0 Å². The predicted octanol–water partition coefficient (Wildman–Crippen LogP) is 15.2. The molecule has 0 heterocycles. The summed E-state index contributed by atoms with van der Waals surface area (Å²) in [6.07, 6.45) is 54.9. The molecule has 0 rings (SSSR count). The van der Waals surface area contributed by atoms with Crippen molar-refractivity contribution in [2.75, 3.05) is 6.61 Å². The summed E-state index contributed by atoms with van der Waals surface area (Å²) in [5, 5.41) is 23.2. The van der Waals surface area contributed by atoms with E-state index in [9.17, 15) is 15.0 Å². The Hall–Kier alpha value is -0.610. The molecular formula is C48H97NO3. The maximum Gasteiger partial charge on any atom is 0.220 e. The third-order valence-electron chi connectivity index (χ3n) is 11.6. The molecule has 0 aromatic carbocycles. The van der Waals surface area contributed by atoms with Crippen LogP contribution in [0.3, 0.4) is 0 Å². The number of hydrogen-bond acceptors (Lipinski definition) is 3. The van der Waals surface area contributed by atoms with Crippen LogP contribution in [-0.2, 0) is 4.79 Å². The van der Waals surface area contributed by atoms with Gasteiger partial charge in [-0.1, -0.05) is 264 Å². The summed E-state index contributed by atoms with van der Waals surface area (Å²) in [7, 11) is 0. The zero-order valence-corrected chi connectivity index (χ0v) is 35.9. The van der Waals surface area contributed by atoms with Gasteiger partial charge in [0.15, 0.2) is 0 Å². The topological polar surface area (TPSA) is 69.6 Å². The molecule has 0 bridgehead atoms. The van der Waals surface area contributed by atoms with Crippen LogP contribution in [-0.4, -0.2) is 34.9 Å². The lowest BCUT2D eigenvalue weighted by atomic mass is 10.0. The molecule has 4 heteroatoms. The van der Waals surface area contributed by atoms with E-state index < -0.39 is 12.1 Å². The maximum absolute atomic E-state index is 12.4. The van der Waals surface area contributed by atoms with Gasteiger partial charge in [0.25, 0.3) is 0 Å². The molecule has 0 aliphatic heterocycles. The van der Waals surface area contributed by atoms with Crippen LogP contribution >= 0.6 is 0 Å². The van der Waals surface area contributed by atoms with E-state index in [4.69, 9.17) is 0 Å². The third kappa shape index (κ3) is 40.6. The SMILES string of the molecule is CCCCCCCCCCCCCCCCCCCCCCCCCCCCC(=O)N[C@@H](CO)[C@H](O)CCCCCCCCCCCCCCCC. The Morgan fingerprint density at radius 1 is 0.385 bits per heavy atom. The Morgan fingerprint density at radius 3 is 0.865 bits per heavy atom. The number of hydrogen-bond donors (Lipinski definition) is 3. The van der Waals surface area contributed by atoms with Gasteiger partial charge in [-0.15, -0.1) is 0 Å². The molecule has 312 valence electrons. The molecule has 0 fully saturated rings. The highest BCUT2D eigenvalue weighted by Crippen LogP contribution is 2.17. The van der Waals surface area contributed by atoms with Crippen molar-refractivity contribution in [2.24, 2.45) is 0 Å². The molecule has 0 aromatic rings. The summed E-state index contributed by atoms with van der Waals surface area (Å²) in [4.78, 5) is 12.4. The second-order valence-electron chi connectivity index (χ2n) is 16.9.